The smallest absolute Gasteiger partial charge is 0.162 e. The summed E-state index contributed by atoms with van der Waals surface area (Å²) >= 11 is 3.57. The van der Waals surface area contributed by atoms with Gasteiger partial charge in [0.15, 0.2) is 11.5 Å². The molecule has 1 aromatic carbocycles. The quantitative estimate of drug-likeness (QED) is 0.921. The SMILES string of the molecule is CN(Cc1cc2c(cc1Br)OCCO2)C(C)(C)CO. The lowest BCUT2D eigenvalue weighted by molar-refractivity contribution is 0.0730. The predicted octanol–water partition coefficient (Wildman–Crippen LogP) is 2.42. The molecule has 1 aliphatic heterocycles. The highest BCUT2D eigenvalue weighted by atomic mass is 79.9. The first-order chi connectivity index (χ1) is 8.94. The molecule has 106 valence electrons. The predicted molar refractivity (Wildman–Crippen MR) is 77.8 cm³/mol. The van der Waals surface area contributed by atoms with Crippen LogP contribution in [0.2, 0.25) is 0 Å². The van der Waals surface area contributed by atoms with Crippen molar-refractivity contribution in [2.75, 3.05) is 26.9 Å². The van der Waals surface area contributed by atoms with Crippen LogP contribution in [0.5, 0.6) is 11.5 Å². The molecule has 1 heterocycles. The third-order valence-electron chi connectivity index (χ3n) is 3.54. The number of fused-ring (bicyclic) bond motifs is 1. The van der Waals surface area contributed by atoms with E-state index >= 15 is 0 Å². The molecule has 0 spiro atoms. The van der Waals surface area contributed by atoms with E-state index in [2.05, 4.69) is 20.8 Å². The van der Waals surface area contributed by atoms with E-state index in [9.17, 15) is 5.11 Å². The van der Waals surface area contributed by atoms with Crippen LogP contribution in [0, 0.1) is 0 Å². The molecule has 0 saturated heterocycles. The van der Waals surface area contributed by atoms with Gasteiger partial charge in [0.25, 0.3) is 0 Å². The Kier molecular flexibility index (Phi) is 4.38. The van der Waals surface area contributed by atoms with Crippen LogP contribution in [-0.2, 0) is 6.54 Å². The van der Waals surface area contributed by atoms with Crippen LogP contribution in [0.4, 0.5) is 0 Å². The number of aliphatic hydroxyl groups excluding tert-OH is 1. The Bertz CT molecular complexity index is 462. The summed E-state index contributed by atoms with van der Waals surface area (Å²) in [6, 6.07) is 3.95. The zero-order valence-electron chi connectivity index (χ0n) is 11.6. The molecule has 5 heteroatoms. The summed E-state index contributed by atoms with van der Waals surface area (Å²) in [6.07, 6.45) is 0. The number of hydrogen-bond acceptors (Lipinski definition) is 4. The van der Waals surface area contributed by atoms with Crippen LogP contribution in [0.15, 0.2) is 16.6 Å². The molecule has 0 unspecified atom stereocenters. The second-order valence-electron chi connectivity index (χ2n) is 5.41. The van der Waals surface area contributed by atoms with E-state index in [1.807, 2.05) is 33.0 Å². The van der Waals surface area contributed by atoms with Gasteiger partial charge in [0, 0.05) is 16.6 Å². The van der Waals surface area contributed by atoms with Gasteiger partial charge < -0.3 is 14.6 Å². The molecule has 4 nitrogen and oxygen atoms in total. The minimum absolute atomic E-state index is 0.117. The molecular formula is C14H20BrNO3. The van der Waals surface area contributed by atoms with Crippen molar-refractivity contribution in [1.82, 2.24) is 4.90 Å². The normalized spacial score (nSPS) is 14.8. The van der Waals surface area contributed by atoms with E-state index in [4.69, 9.17) is 9.47 Å². The summed E-state index contributed by atoms with van der Waals surface area (Å²) in [6.45, 7) is 6.05. The van der Waals surface area contributed by atoms with Crippen LogP contribution in [0.3, 0.4) is 0 Å². The maximum atomic E-state index is 9.41. The van der Waals surface area contributed by atoms with Gasteiger partial charge in [0.2, 0.25) is 0 Å². The summed E-state index contributed by atoms with van der Waals surface area (Å²) in [5.41, 5.74) is 0.862. The summed E-state index contributed by atoms with van der Waals surface area (Å²) < 4.78 is 12.1. The Labute approximate surface area is 122 Å². The molecule has 2 rings (SSSR count). The lowest BCUT2D eigenvalue weighted by atomic mass is 10.0. The van der Waals surface area contributed by atoms with Crippen molar-refractivity contribution in [3.63, 3.8) is 0 Å². The first-order valence-corrected chi connectivity index (χ1v) is 7.13. The van der Waals surface area contributed by atoms with Crippen molar-refractivity contribution in [2.45, 2.75) is 25.9 Å². The third kappa shape index (κ3) is 3.22. The second-order valence-corrected chi connectivity index (χ2v) is 6.27. The van der Waals surface area contributed by atoms with Crippen LogP contribution in [0.1, 0.15) is 19.4 Å². The number of nitrogens with zero attached hydrogens (tertiary/aromatic N) is 1. The average Bonchev–Trinajstić information content (AvgIpc) is 2.39. The number of rotatable bonds is 4. The molecule has 0 radical (unpaired) electrons. The van der Waals surface area contributed by atoms with Crippen molar-refractivity contribution in [3.8, 4) is 11.5 Å². The van der Waals surface area contributed by atoms with E-state index in [0.717, 1.165) is 28.1 Å². The van der Waals surface area contributed by atoms with Gasteiger partial charge in [-0.15, -0.1) is 0 Å². The number of likely N-dealkylation sites (N-methyl/N-ethyl adjacent to an activating group) is 1. The van der Waals surface area contributed by atoms with Gasteiger partial charge in [-0.1, -0.05) is 15.9 Å². The minimum Gasteiger partial charge on any atom is -0.486 e. The second kappa shape index (κ2) is 5.69. The standard InChI is InChI=1S/C14H20BrNO3/c1-14(2,9-17)16(3)8-10-6-12-13(7-11(10)15)19-5-4-18-12/h6-7,17H,4-5,8-9H2,1-3H3. The van der Waals surface area contributed by atoms with E-state index in [1.54, 1.807) is 0 Å². The zero-order chi connectivity index (χ0) is 14.0. The molecule has 0 amide bonds. The van der Waals surface area contributed by atoms with E-state index in [0.29, 0.717) is 13.2 Å². The maximum Gasteiger partial charge on any atom is 0.162 e. The van der Waals surface area contributed by atoms with Crippen molar-refractivity contribution in [1.29, 1.82) is 0 Å². The Morgan fingerprint density at radius 3 is 2.42 bits per heavy atom. The van der Waals surface area contributed by atoms with Crippen LogP contribution in [0.25, 0.3) is 0 Å². The molecule has 0 fully saturated rings. The molecule has 0 aromatic heterocycles. The Morgan fingerprint density at radius 2 is 1.84 bits per heavy atom. The highest BCUT2D eigenvalue weighted by Crippen LogP contribution is 2.36. The molecule has 0 saturated carbocycles. The van der Waals surface area contributed by atoms with Gasteiger partial charge in [-0.05, 0) is 38.6 Å². The van der Waals surface area contributed by atoms with Crippen molar-refractivity contribution < 1.29 is 14.6 Å². The molecule has 0 bridgehead atoms. The van der Waals surface area contributed by atoms with E-state index < -0.39 is 0 Å². The lowest BCUT2D eigenvalue weighted by Gasteiger charge is -2.34. The van der Waals surface area contributed by atoms with Crippen LogP contribution < -0.4 is 9.47 Å². The third-order valence-corrected chi connectivity index (χ3v) is 4.28. The fourth-order valence-electron chi connectivity index (χ4n) is 1.82. The Hall–Kier alpha value is -0.780. The van der Waals surface area contributed by atoms with Crippen molar-refractivity contribution in [2.24, 2.45) is 0 Å². The molecular weight excluding hydrogens is 310 g/mol. The van der Waals surface area contributed by atoms with Gasteiger partial charge in [-0.25, -0.2) is 0 Å². The lowest BCUT2D eigenvalue weighted by Crippen LogP contribution is -2.43. The zero-order valence-corrected chi connectivity index (χ0v) is 13.2. The fraction of sp³-hybridized carbons (Fsp3) is 0.571. The highest BCUT2D eigenvalue weighted by Gasteiger charge is 2.24. The van der Waals surface area contributed by atoms with Gasteiger partial charge in [-0.3, -0.25) is 4.90 Å². The van der Waals surface area contributed by atoms with Gasteiger partial charge in [0.1, 0.15) is 13.2 Å². The summed E-state index contributed by atoms with van der Waals surface area (Å²) in [5, 5.41) is 9.41. The molecule has 0 atom stereocenters. The minimum atomic E-state index is -0.257. The Morgan fingerprint density at radius 1 is 1.26 bits per heavy atom. The van der Waals surface area contributed by atoms with Gasteiger partial charge >= 0.3 is 0 Å². The number of benzene rings is 1. The fourth-order valence-corrected chi connectivity index (χ4v) is 2.27. The first-order valence-electron chi connectivity index (χ1n) is 6.34. The Balaban J connectivity index is 2.21. The molecule has 0 aliphatic carbocycles. The number of ether oxygens (including phenoxy) is 2. The molecule has 1 N–H and O–H groups in total. The van der Waals surface area contributed by atoms with Crippen molar-refractivity contribution in [3.05, 3.63) is 22.2 Å². The van der Waals surface area contributed by atoms with Gasteiger partial charge in [-0.2, -0.15) is 0 Å². The number of halogens is 1. The summed E-state index contributed by atoms with van der Waals surface area (Å²) in [4.78, 5) is 2.11. The monoisotopic (exact) mass is 329 g/mol. The van der Waals surface area contributed by atoms with Gasteiger partial charge in [0.05, 0.1) is 6.61 Å². The average molecular weight is 330 g/mol. The summed E-state index contributed by atoms with van der Waals surface area (Å²) in [5.74, 6) is 1.57. The first kappa shape index (κ1) is 14.6. The van der Waals surface area contributed by atoms with Crippen molar-refractivity contribution >= 4 is 15.9 Å². The van der Waals surface area contributed by atoms with Crippen LogP contribution in [-0.4, -0.2) is 42.4 Å². The van der Waals surface area contributed by atoms with E-state index in [1.165, 1.54) is 0 Å². The largest absolute Gasteiger partial charge is 0.486 e. The summed E-state index contributed by atoms with van der Waals surface area (Å²) in [7, 11) is 2.00. The maximum absolute atomic E-state index is 9.41. The van der Waals surface area contributed by atoms with E-state index in [-0.39, 0.29) is 12.1 Å². The molecule has 1 aromatic rings. The highest BCUT2D eigenvalue weighted by molar-refractivity contribution is 9.10. The molecule has 19 heavy (non-hydrogen) atoms. The molecule has 1 aliphatic rings. The number of aliphatic hydroxyl groups is 1. The van der Waals surface area contributed by atoms with Crippen LogP contribution >= 0.6 is 15.9 Å². The topological polar surface area (TPSA) is 41.9 Å². The number of hydrogen-bond donors (Lipinski definition) is 1.